The van der Waals surface area contributed by atoms with E-state index >= 15 is 0 Å². The molecule has 0 aromatic rings. The molecular formula is C11H23NO2. The number of rotatable bonds is 4. The fourth-order valence-electron chi connectivity index (χ4n) is 1.52. The predicted molar refractivity (Wildman–Crippen MR) is 57.5 cm³/mol. The van der Waals surface area contributed by atoms with Gasteiger partial charge in [0.1, 0.15) is 0 Å². The second kappa shape index (κ2) is 5.69. The Labute approximate surface area is 87.2 Å². The Balaban J connectivity index is 2.25. The van der Waals surface area contributed by atoms with Crippen molar-refractivity contribution in [3.63, 3.8) is 0 Å². The van der Waals surface area contributed by atoms with Crippen LogP contribution in [0.2, 0.25) is 0 Å². The molecule has 1 aliphatic heterocycles. The molecule has 0 amide bonds. The summed E-state index contributed by atoms with van der Waals surface area (Å²) < 4.78 is 11.5. The third kappa shape index (κ3) is 3.95. The summed E-state index contributed by atoms with van der Waals surface area (Å²) in [5.41, 5.74) is 0. The molecular weight excluding hydrogens is 178 g/mol. The second-order valence-electron chi connectivity index (χ2n) is 4.58. The van der Waals surface area contributed by atoms with Gasteiger partial charge in [-0.05, 0) is 19.8 Å². The van der Waals surface area contributed by atoms with Crippen LogP contribution in [0.1, 0.15) is 27.7 Å². The van der Waals surface area contributed by atoms with Crippen LogP contribution in [0.15, 0.2) is 0 Å². The van der Waals surface area contributed by atoms with Crippen molar-refractivity contribution in [3.05, 3.63) is 0 Å². The van der Waals surface area contributed by atoms with Crippen molar-refractivity contribution in [1.29, 1.82) is 0 Å². The lowest BCUT2D eigenvalue weighted by Crippen LogP contribution is -2.48. The van der Waals surface area contributed by atoms with Crippen molar-refractivity contribution in [1.82, 2.24) is 5.32 Å². The molecule has 14 heavy (non-hydrogen) atoms. The highest BCUT2D eigenvalue weighted by atomic mass is 16.5. The molecule has 0 saturated carbocycles. The summed E-state index contributed by atoms with van der Waals surface area (Å²) in [5.74, 6) is 0.573. The first-order valence-electron chi connectivity index (χ1n) is 5.57. The van der Waals surface area contributed by atoms with E-state index in [1.54, 1.807) is 0 Å². The zero-order valence-corrected chi connectivity index (χ0v) is 9.75. The fraction of sp³-hybridized carbons (Fsp3) is 1.00. The van der Waals surface area contributed by atoms with Crippen LogP contribution in [0.3, 0.4) is 0 Å². The Kier molecular flexibility index (Phi) is 4.85. The summed E-state index contributed by atoms with van der Waals surface area (Å²) >= 11 is 0. The molecule has 1 rings (SSSR count). The summed E-state index contributed by atoms with van der Waals surface area (Å²) in [4.78, 5) is 0. The lowest BCUT2D eigenvalue weighted by molar-refractivity contribution is -0.0991. The minimum absolute atomic E-state index is 0.221. The molecule has 0 spiro atoms. The number of nitrogens with one attached hydrogen (secondary N) is 1. The monoisotopic (exact) mass is 201 g/mol. The third-order valence-corrected chi connectivity index (χ3v) is 2.44. The van der Waals surface area contributed by atoms with E-state index in [9.17, 15) is 0 Å². The van der Waals surface area contributed by atoms with Gasteiger partial charge in [0, 0.05) is 13.1 Å². The van der Waals surface area contributed by atoms with Gasteiger partial charge in [0.05, 0.1) is 24.9 Å². The minimum atomic E-state index is 0.221. The van der Waals surface area contributed by atoms with E-state index in [0.717, 1.165) is 13.1 Å². The van der Waals surface area contributed by atoms with Crippen molar-refractivity contribution >= 4 is 0 Å². The Morgan fingerprint density at radius 2 is 2.00 bits per heavy atom. The van der Waals surface area contributed by atoms with E-state index < -0.39 is 0 Å². The standard InChI is InChI=1S/C11H23NO2/c1-8(2)11-6-12-5-10(14-11)7-13-9(3)4/h8-12H,5-7H2,1-4H3. The molecule has 0 aromatic carbocycles. The van der Waals surface area contributed by atoms with Gasteiger partial charge in [-0.3, -0.25) is 0 Å². The van der Waals surface area contributed by atoms with E-state index in [1.807, 2.05) is 0 Å². The SMILES string of the molecule is CC(C)OCC1CNCC(C(C)C)O1. The van der Waals surface area contributed by atoms with Crippen molar-refractivity contribution in [2.24, 2.45) is 5.92 Å². The van der Waals surface area contributed by atoms with Crippen molar-refractivity contribution in [3.8, 4) is 0 Å². The summed E-state index contributed by atoms with van der Waals surface area (Å²) in [6, 6.07) is 0. The van der Waals surface area contributed by atoms with E-state index in [4.69, 9.17) is 9.47 Å². The molecule has 0 radical (unpaired) electrons. The van der Waals surface area contributed by atoms with Gasteiger partial charge in [-0.2, -0.15) is 0 Å². The van der Waals surface area contributed by atoms with E-state index in [1.165, 1.54) is 0 Å². The van der Waals surface area contributed by atoms with E-state index in [2.05, 4.69) is 33.0 Å². The zero-order valence-electron chi connectivity index (χ0n) is 9.75. The zero-order chi connectivity index (χ0) is 10.6. The van der Waals surface area contributed by atoms with Gasteiger partial charge in [-0.25, -0.2) is 0 Å². The third-order valence-electron chi connectivity index (χ3n) is 2.44. The Morgan fingerprint density at radius 1 is 1.29 bits per heavy atom. The average molecular weight is 201 g/mol. The lowest BCUT2D eigenvalue weighted by Gasteiger charge is -2.33. The topological polar surface area (TPSA) is 30.5 Å². The van der Waals surface area contributed by atoms with Crippen LogP contribution in [0, 0.1) is 5.92 Å². The van der Waals surface area contributed by atoms with Crippen LogP contribution < -0.4 is 5.32 Å². The highest BCUT2D eigenvalue weighted by molar-refractivity contribution is 4.76. The minimum Gasteiger partial charge on any atom is -0.376 e. The largest absolute Gasteiger partial charge is 0.376 e. The number of ether oxygens (including phenoxy) is 2. The molecule has 0 bridgehead atoms. The maximum atomic E-state index is 5.91. The van der Waals surface area contributed by atoms with Crippen LogP contribution in [0.25, 0.3) is 0 Å². The van der Waals surface area contributed by atoms with Crippen LogP contribution in [0.4, 0.5) is 0 Å². The molecule has 1 N–H and O–H groups in total. The fourth-order valence-corrected chi connectivity index (χ4v) is 1.52. The number of morpholine rings is 1. The summed E-state index contributed by atoms with van der Waals surface area (Å²) in [5, 5.41) is 3.38. The molecule has 3 heteroatoms. The number of hydrogen-bond acceptors (Lipinski definition) is 3. The molecule has 2 unspecified atom stereocenters. The van der Waals surface area contributed by atoms with Crippen LogP contribution in [0.5, 0.6) is 0 Å². The van der Waals surface area contributed by atoms with Gasteiger partial charge in [0.15, 0.2) is 0 Å². The van der Waals surface area contributed by atoms with Gasteiger partial charge in [0.25, 0.3) is 0 Å². The van der Waals surface area contributed by atoms with E-state index in [-0.39, 0.29) is 12.2 Å². The Bertz CT molecular complexity index is 159. The van der Waals surface area contributed by atoms with Crippen molar-refractivity contribution in [2.45, 2.75) is 46.0 Å². The molecule has 84 valence electrons. The summed E-state index contributed by atoms with van der Waals surface area (Å²) in [7, 11) is 0. The maximum Gasteiger partial charge on any atom is 0.0937 e. The van der Waals surface area contributed by atoms with Gasteiger partial charge in [-0.15, -0.1) is 0 Å². The molecule has 1 saturated heterocycles. The highest BCUT2D eigenvalue weighted by Crippen LogP contribution is 2.12. The Morgan fingerprint density at radius 3 is 2.57 bits per heavy atom. The van der Waals surface area contributed by atoms with Gasteiger partial charge in [0.2, 0.25) is 0 Å². The normalized spacial score (nSPS) is 28.7. The summed E-state index contributed by atoms with van der Waals surface area (Å²) in [6.45, 7) is 11.1. The molecule has 1 heterocycles. The molecule has 1 aliphatic rings. The molecule has 1 fully saturated rings. The molecule has 3 nitrogen and oxygen atoms in total. The predicted octanol–water partition coefficient (Wildman–Crippen LogP) is 1.42. The van der Waals surface area contributed by atoms with Crippen LogP contribution in [-0.4, -0.2) is 38.0 Å². The van der Waals surface area contributed by atoms with Crippen LogP contribution in [-0.2, 0) is 9.47 Å². The smallest absolute Gasteiger partial charge is 0.0937 e. The first-order valence-corrected chi connectivity index (χ1v) is 5.57. The lowest BCUT2D eigenvalue weighted by atomic mass is 10.1. The number of hydrogen-bond donors (Lipinski definition) is 1. The van der Waals surface area contributed by atoms with Crippen molar-refractivity contribution < 1.29 is 9.47 Å². The van der Waals surface area contributed by atoms with Gasteiger partial charge < -0.3 is 14.8 Å². The molecule has 0 aromatic heterocycles. The molecule has 0 aliphatic carbocycles. The first kappa shape index (κ1) is 12.0. The summed E-state index contributed by atoms with van der Waals surface area (Å²) in [6.07, 6.45) is 0.848. The first-order chi connectivity index (χ1) is 6.59. The quantitative estimate of drug-likeness (QED) is 0.746. The highest BCUT2D eigenvalue weighted by Gasteiger charge is 2.24. The Hall–Kier alpha value is -0.120. The maximum absolute atomic E-state index is 5.91. The average Bonchev–Trinajstić information content (AvgIpc) is 2.15. The second-order valence-corrected chi connectivity index (χ2v) is 4.58. The van der Waals surface area contributed by atoms with Crippen LogP contribution >= 0.6 is 0 Å². The molecule has 2 atom stereocenters. The van der Waals surface area contributed by atoms with E-state index in [0.29, 0.717) is 18.6 Å². The van der Waals surface area contributed by atoms with Gasteiger partial charge >= 0.3 is 0 Å². The van der Waals surface area contributed by atoms with Crippen molar-refractivity contribution in [2.75, 3.05) is 19.7 Å². The van der Waals surface area contributed by atoms with Gasteiger partial charge in [-0.1, -0.05) is 13.8 Å².